The number of aliphatic imine (C=N–C) groups is 1. The number of benzene rings is 2. The van der Waals surface area contributed by atoms with Crippen LogP contribution in [0.25, 0.3) is 6.08 Å². The third kappa shape index (κ3) is 2.61. The predicted octanol–water partition coefficient (Wildman–Crippen LogP) is 3.79. The molecular weight excluding hydrogens is 210 g/mol. The normalized spacial score (nSPS) is 10.6. The zero-order valence-electron chi connectivity index (χ0n) is 9.38. The summed E-state index contributed by atoms with van der Waals surface area (Å²) in [6, 6.07) is 14.8. The van der Waals surface area contributed by atoms with Gasteiger partial charge in [-0.15, -0.1) is 0 Å². The molecule has 0 saturated heterocycles. The Morgan fingerprint density at radius 2 is 1.59 bits per heavy atom. The molecule has 2 aromatic carbocycles. The van der Waals surface area contributed by atoms with Gasteiger partial charge in [-0.05, 0) is 23.8 Å². The molecule has 0 atom stereocenters. The van der Waals surface area contributed by atoms with E-state index in [1.54, 1.807) is 24.4 Å². The second kappa shape index (κ2) is 5.12. The van der Waals surface area contributed by atoms with E-state index in [2.05, 4.69) is 11.6 Å². The lowest BCUT2D eigenvalue weighted by molar-refractivity contribution is 0.474. The summed E-state index contributed by atoms with van der Waals surface area (Å²) in [7, 11) is 0. The summed E-state index contributed by atoms with van der Waals surface area (Å²) in [6.07, 6.45) is 3.41. The average Bonchev–Trinajstić information content (AvgIpc) is 2.38. The Hall–Kier alpha value is -2.35. The molecule has 0 aliphatic carbocycles. The van der Waals surface area contributed by atoms with Crippen LogP contribution in [-0.2, 0) is 0 Å². The van der Waals surface area contributed by atoms with Crippen LogP contribution in [0.1, 0.15) is 11.1 Å². The van der Waals surface area contributed by atoms with Gasteiger partial charge in [-0.2, -0.15) is 0 Å². The van der Waals surface area contributed by atoms with Crippen molar-refractivity contribution in [3.8, 4) is 5.75 Å². The monoisotopic (exact) mass is 223 g/mol. The lowest BCUT2D eigenvalue weighted by Gasteiger charge is -2.00. The van der Waals surface area contributed by atoms with Gasteiger partial charge >= 0.3 is 0 Å². The van der Waals surface area contributed by atoms with Crippen molar-refractivity contribution in [3.05, 3.63) is 66.2 Å². The number of aromatic hydroxyl groups is 1. The van der Waals surface area contributed by atoms with Gasteiger partial charge in [-0.1, -0.05) is 43.0 Å². The van der Waals surface area contributed by atoms with Crippen molar-refractivity contribution in [2.24, 2.45) is 4.99 Å². The minimum Gasteiger partial charge on any atom is -0.507 e. The number of phenols is 1. The average molecular weight is 223 g/mol. The Morgan fingerprint density at radius 1 is 0.941 bits per heavy atom. The van der Waals surface area contributed by atoms with Crippen LogP contribution in [-0.4, -0.2) is 11.3 Å². The molecule has 0 spiro atoms. The van der Waals surface area contributed by atoms with Gasteiger partial charge in [-0.3, -0.25) is 4.99 Å². The second-order valence-electron chi connectivity index (χ2n) is 3.58. The van der Waals surface area contributed by atoms with Crippen LogP contribution in [0.15, 0.2) is 60.1 Å². The Kier molecular flexibility index (Phi) is 3.36. The first kappa shape index (κ1) is 11.1. The van der Waals surface area contributed by atoms with Gasteiger partial charge in [-0.25, -0.2) is 0 Å². The van der Waals surface area contributed by atoms with Gasteiger partial charge < -0.3 is 5.11 Å². The van der Waals surface area contributed by atoms with Gasteiger partial charge in [0.25, 0.3) is 0 Å². The van der Waals surface area contributed by atoms with E-state index in [0.29, 0.717) is 5.56 Å². The molecule has 2 rings (SSSR count). The van der Waals surface area contributed by atoms with Crippen LogP contribution < -0.4 is 0 Å². The fourth-order valence-corrected chi connectivity index (χ4v) is 1.51. The van der Waals surface area contributed by atoms with Crippen molar-refractivity contribution >= 4 is 18.0 Å². The van der Waals surface area contributed by atoms with Gasteiger partial charge in [0.2, 0.25) is 0 Å². The molecule has 0 radical (unpaired) electrons. The Labute approximate surface area is 101 Å². The smallest absolute Gasteiger partial charge is 0.124 e. The van der Waals surface area contributed by atoms with Gasteiger partial charge in [0.1, 0.15) is 5.75 Å². The van der Waals surface area contributed by atoms with Crippen molar-refractivity contribution in [1.29, 1.82) is 0 Å². The number of para-hydroxylation sites is 2. The van der Waals surface area contributed by atoms with E-state index in [0.717, 1.165) is 11.3 Å². The van der Waals surface area contributed by atoms with Gasteiger partial charge in [0.05, 0.1) is 5.69 Å². The van der Waals surface area contributed by atoms with Crippen LogP contribution in [0.5, 0.6) is 5.75 Å². The molecule has 0 bridgehead atoms. The molecule has 17 heavy (non-hydrogen) atoms. The van der Waals surface area contributed by atoms with Gasteiger partial charge in [0, 0.05) is 11.8 Å². The summed E-state index contributed by atoms with van der Waals surface area (Å²) in [5.41, 5.74) is 2.51. The molecule has 0 aromatic heterocycles. The van der Waals surface area contributed by atoms with Gasteiger partial charge in [0.15, 0.2) is 0 Å². The number of hydrogen-bond acceptors (Lipinski definition) is 2. The summed E-state index contributed by atoms with van der Waals surface area (Å²) in [4.78, 5) is 4.35. The molecule has 1 N–H and O–H groups in total. The molecule has 0 saturated carbocycles. The highest BCUT2D eigenvalue weighted by Gasteiger charge is 1.97. The lowest BCUT2D eigenvalue weighted by atomic mass is 10.2. The third-order valence-corrected chi connectivity index (χ3v) is 2.44. The molecule has 84 valence electrons. The summed E-state index contributed by atoms with van der Waals surface area (Å²) < 4.78 is 0. The van der Waals surface area contributed by atoms with Crippen LogP contribution in [0.4, 0.5) is 5.69 Å². The first-order valence-electron chi connectivity index (χ1n) is 5.35. The van der Waals surface area contributed by atoms with E-state index in [9.17, 15) is 5.11 Å². The maximum absolute atomic E-state index is 9.60. The van der Waals surface area contributed by atoms with Crippen LogP contribution in [0.2, 0.25) is 0 Å². The van der Waals surface area contributed by atoms with Crippen molar-refractivity contribution in [3.63, 3.8) is 0 Å². The number of hydrogen-bond donors (Lipinski definition) is 1. The number of nitrogens with zero attached hydrogens (tertiary/aromatic N) is 1. The van der Waals surface area contributed by atoms with Crippen molar-refractivity contribution in [2.75, 3.05) is 0 Å². The summed E-state index contributed by atoms with van der Waals surface area (Å²) in [6.45, 7) is 3.74. The molecular formula is C15H13NO. The second-order valence-corrected chi connectivity index (χ2v) is 3.58. The zero-order chi connectivity index (χ0) is 12.1. The Morgan fingerprint density at radius 3 is 2.29 bits per heavy atom. The van der Waals surface area contributed by atoms with Crippen LogP contribution >= 0.6 is 0 Å². The molecule has 0 aliphatic heterocycles. The molecule has 0 heterocycles. The summed E-state index contributed by atoms with van der Waals surface area (Å²) in [5.74, 6) is 0.229. The largest absolute Gasteiger partial charge is 0.507 e. The fourth-order valence-electron chi connectivity index (χ4n) is 1.51. The Balaban J connectivity index is 2.32. The number of rotatable bonds is 3. The molecule has 0 fully saturated rings. The molecule has 0 amide bonds. The lowest BCUT2D eigenvalue weighted by Crippen LogP contribution is -1.81. The van der Waals surface area contributed by atoms with E-state index >= 15 is 0 Å². The molecule has 2 heteroatoms. The topological polar surface area (TPSA) is 32.6 Å². The minimum atomic E-state index is 0.229. The van der Waals surface area contributed by atoms with E-state index in [4.69, 9.17) is 0 Å². The standard InChI is InChI=1S/C15H13NO/c1-2-12-7-3-5-9-14(12)16-11-13-8-4-6-10-15(13)17/h2-11,17H,1H2. The first-order valence-corrected chi connectivity index (χ1v) is 5.35. The molecule has 0 aliphatic rings. The maximum Gasteiger partial charge on any atom is 0.124 e. The Bertz CT molecular complexity index is 558. The quantitative estimate of drug-likeness (QED) is 0.789. The first-order chi connectivity index (χ1) is 8.31. The maximum atomic E-state index is 9.60. The molecule has 2 aromatic rings. The highest BCUT2D eigenvalue weighted by atomic mass is 16.3. The zero-order valence-corrected chi connectivity index (χ0v) is 9.38. The fraction of sp³-hybridized carbons (Fsp3) is 0. The van der Waals surface area contributed by atoms with E-state index in [-0.39, 0.29) is 5.75 Å². The van der Waals surface area contributed by atoms with Crippen molar-refractivity contribution < 1.29 is 5.11 Å². The SMILES string of the molecule is C=Cc1ccccc1N=Cc1ccccc1O. The third-order valence-electron chi connectivity index (χ3n) is 2.44. The van der Waals surface area contributed by atoms with Crippen molar-refractivity contribution in [1.82, 2.24) is 0 Å². The molecule has 2 nitrogen and oxygen atoms in total. The van der Waals surface area contributed by atoms with E-state index in [1.165, 1.54) is 0 Å². The molecule has 0 unspecified atom stereocenters. The van der Waals surface area contributed by atoms with Crippen molar-refractivity contribution in [2.45, 2.75) is 0 Å². The van der Waals surface area contributed by atoms with Crippen LogP contribution in [0.3, 0.4) is 0 Å². The van der Waals surface area contributed by atoms with E-state index < -0.39 is 0 Å². The summed E-state index contributed by atoms with van der Waals surface area (Å²) >= 11 is 0. The highest BCUT2D eigenvalue weighted by molar-refractivity contribution is 5.86. The highest BCUT2D eigenvalue weighted by Crippen LogP contribution is 2.20. The minimum absolute atomic E-state index is 0.229. The van der Waals surface area contributed by atoms with E-state index in [1.807, 2.05) is 36.4 Å². The van der Waals surface area contributed by atoms with Crippen LogP contribution in [0, 0.1) is 0 Å². The predicted molar refractivity (Wildman–Crippen MR) is 71.9 cm³/mol. The summed E-state index contributed by atoms with van der Waals surface area (Å²) in [5, 5.41) is 9.60. The number of phenolic OH excluding ortho intramolecular Hbond substituents is 1.